The molecule has 0 atom stereocenters. The highest BCUT2D eigenvalue weighted by molar-refractivity contribution is 5.80. The van der Waals surface area contributed by atoms with Crippen molar-refractivity contribution in [2.24, 2.45) is 10.7 Å². The second-order valence-electron chi connectivity index (χ2n) is 3.11. The summed E-state index contributed by atoms with van der Waals surface area (Å²) in [7, 11) is 0. The van der Waals surface area contributed by atoms with E-state index in [9.17, 15) is 0 Å². The normalized spacial score (nSPS) is 12.0. The van der Waals surface area contributed by atoms with Gasteiger partial charge in [-0.3, -0.25) is 4.99 Å². The van der Waals surface area contributed by atoms with Crippen LogP contribution in [0.2, 0.25) is 0 Å². The van der Waals surface area contributed by atoms with Crippen LogP contribution < -0.4 is 5.73 Å². The molecule has 14 heavy (non-hydrogen) atoms. The standard InChI is InChI=1S/C9H16N4O/c1-3-4-8(10)11-6-5-9-12-7(2)13-14-9/h3-6H2,1-2H3,(H2,10,11). The minimum absolute atomic E-state index is 0.619. The van der Waals surface area contributed by atoms with Gasteiger partial charge in [-0.25, -0.2) is 0 Å². The Morgan fingerprint density at radius 1 is 1.57 bits per heavy atom. The zero-order valence-corrected chi connectivity index (χ0v) is 8.66. The number of nitrogens with two attached hydrogens (primary N) is 1. The molecule has 0 fully saturated rings. The molecule has 5 heteroatoms. The molecule has 0 bridgehead atoms. The van der Waals surface area contributed by atoms with E-state index < -0.39 is 0 Å². The van der Waals surface area contributed by atoms with E-state index in [2.05, 4.69) is 22.1 Å². The molecule has 0 aromatic carbocycles. The lowest BCUT2D eigenvalue weighted by Gasteiger charge is -1.95. The summed E-state index contributed by atoms with van der Waals surface area (Å²) in [6.07, 6.45) is 2.53. The van der Waals surface area contributed by atoms with E-state index in [1.54, 1.807) is 6.92 Å². The summed E-state index contributed by atoms with van der Waals surface area (Å²) in [5.41, 5.74) is 5.64. The SMILES string of the molecule is CCCC(N)=NCCc1nc(C)no1. The zero-order chi connectivity index (χ0) is 10.4. The van der Waals surface area contributed by atoms with Gasteiger partial charge in [0.05, 0.1) is 5.84 Å². The van der Waals surface area contributed by atoms with Gasteiger partial charge >= 0.3 is 0 Å². The van der Waals surface area contributed by atoms with E-state index in [1.807, 2.05) is 0 Å². The van der Waals surface area contributed by atoms with E-state index in [1.165, 1.54) is 0 Å². The minimum atomic E-state index is 0.619. The number of hydrogen-bond acceptors (Lipinski definition) is 4. The predicted octanol–water partition coefficient (Wildman–Crippen LogP) is 1.08. The van der Waals surface area contributed by atoms with Gasteiger partial charge in [0.1, 0.15) is 0 Å². The number of aryl methyl sites for hydroxylation is 1. The summed E-state index contributed by atoms with van der Waals surface area (Å²) in [6.45, 7) is 4.49. The van der Waals surface area contributed by atoms with Crippen LogP contribution in [0.15, 0.2) is 9.52 Å². The first-order chi connectivity index (χ1) is 6.72. The molecule has 0 amide bonds. The van der Waals surface area contributed by atoms with Gasteiger partial charge < -0.3 is 10.3 Å². The minimum Gasteiger partial charge on any atom is -0.387 e. The average Bonchev–Trinajstić information content (AvgIpc) is 2.52. The molecule has 0 saturated carbocycles. The molecule has 5 nitrogen and oxygen atoms in total. The van der Waals surface area contributed by atoms with Crippen molar-refractivity contribution in [3.05, 3.63) is 11.7 Å². The molecule has 78 valence electrons. The summed E-state index contributed by atoms with van der Waals surface area (Å²) >= 11 is 0. The van der Waals surface area contributed by atoms with Crippen molar-refractivity contribution in [3.63, 3.8) is 0 Å². The zero-order valence-electron chi connectivity index (χ0n) is 8.66. The van der Waals surface area contributed by atoms with Crippen LogP contribution in [0.25, 0.3) is 0 Å². The van der Waals surface area contributed by atoms with Gasteiger partial charge in [-0.2, -0.15) is 4.98 Å². The van der Waals surface area contributed by atoms with Crippen LogP contribution >= 0.6 is 0 Å². The quantitative estimate of drug-likeness (QED) is 0.564. The first-order valence-electron chi connectivity index (χ1n) is 4.80. The van der Waals surface area contributed by atoms with Crippen LogP contribution in [0.4, 0.5) is 0 Å². The summed E-state index contributed by atoms with van der Waals surface area (Å²) < 4.78 is 4.93. The summed E-state index contributed by atoms with van der Waals surface area (Å²) in [4.78, 5) is 8.25. The third kappa shape index (κ3) is 3.55. The molecule has 1 heterocycles. The van der Waals surface area contributed by atoms with Crippen molar-refractivity contribution < 1.29 is 4.52 Å². The Morgan fingerprint density at radius 3 is 2.93 bits per heavy atom. The molecule has 0 unspecified atom stereocenters. The lowest BCUT2D eigenvalue weighted by atomic mass is 10.3. The molecule has 2 N–H and O–H groups in total. The van der Waals surface area contributed by atoms with Crippen LogP contribution in [-0.2, 0) is 6.42 Å². The molecule has 0 spiro atoms. The van der Waals surface area contributed by atoms with Crippen molar-refractivity contribution in [2.75, 3.05) is 6.54 Å². The maximum atomic E-state index is 5.64. The van der Waals surface area contributed by atoms with Crippen molar-refractivity contribution in [2.45, 2.75) is 33.1 Å². The van der Waals surface area contributed by atoms with Gasteiger partial charge in [-0.1, -0.05) is 12.1 Å². The Kier molecular flexibility index (Phi) is 4.10. The first kappa shape index (κ1) is 10.7. The maximum absolute atomic E-state index is 5.64. The van der Waals surface area contributed by atoms with Crippen molar-refractivity contribution >= 4 is 5.84 Å². The van der Waals surface area contributed by atoms with E-state index in [0.717, 1.165) is 12.8 Å². The predicted molar refractivity (Wildman–Crippen MR) is 54.1 cm³/mol. The summed E-state index contributed by atoms with van der Waals surface area (Å²) in [6, 6.07) is 0. The summed E-state index contributed by atoms with van der Waals surface area (Å²) in [5.74, 6) is 1.98. The third-order valence-corrected chi connectivity index (χ3v) is 1.72. The Labute approximate surface area is 83.4 Å². The van der Waals surface area contributed by atoms with Crippen LogP contribution in [0.5, 0.6) is 0 Å². The largest absolute Gasteiger partial charge is 0.387 e. The molecule has 0 radical (unpaired) electrons. The second kappa shape index (κ2) is 5.36. The number of aliphatic imine (C=N–C) groups is 1. The van der Waals surface area contributed by atoms with Crippen molar-refractivity contribution in [1.82, 2.24) is 10.1 Å². The van der Waals surface area contributed by atoms with E-state index >= 15 is 0 Å². The Bertz CT molecular complexity index is 306. The van der Waals surface area contributed by atoms with Gasteiger partial charge in [0.25, 0.3) is 0 Å². The number of nitrogens with zero attached hydrogens (tertiary/aromatic N) is 3. The highest BCUT2D eigenvalue weighted by atomic mass is 16.5. The summed E-state index contributed by atoms with van der Waals surface area (Å²) in [5, 5.41) is 3.68. The fraction of sp³-hybridized carbons (Fsp3) is 0.667. The number of aromatic nitrogens is 2. The van der Waals surface area contributed by atoms with Gasteiger partial charge in [-0.15, -0.1) is 0 Å². The molecule has 1 aromatic rings. The molecule has 1 rings (SSSR count). The van der Waals surface area contributed by atoms with Crippen molar-refractivity contribution in [1.29, 1.82) is 0 Å². The molecular formula is C9H16N4O. The van der Waals surface area contributed by atoms with Crippen LogP contribution in [-0.4, -0.2) is 22.5 Å². The second-order valence-corrected chi connectivity index (χ2v) is 3.11. The maximum Gasteiger partial charge on any atom is 0.228 e. The molecule has 0 aliphatic rings. The van der Waals surface area contributed by atoms with E-state index in [0.29, 0.717) is 30.5 Å². The Balaban J connectivity index is 2.31. The van der Waals surface area contributed by atoms with Crippen LogP contribution in [0.3, 0.4) is 0 Å². The number of rotatable bonds is 5. The van der Waals surface area contributed by atoms with Crippen molar-refractivity contribution in [3.8, 4) is 0 Å². The fourth-order valence-corrected chi connectivity index (χ4v) is 1.07. The van der Waals surface area contributed by atoms with Gasteiger partial charge in [-0.05, 0) is 13.3 Å². The van der Waals surface area contributed by atoms with Gasteiger partial charge in [0.15, 0.2) is 5.82 Å². The Morgan fingerprint density at radius 2 is 2.36 bits per heavy atom. The Hall–Kier alpha value is -1.39. The van der Waals surface area contributed by atoms with Crippen LogP contribution in [0.1, 0.15) is 31.5 Å². The van der Waals surface area contributed by atoms with Gasteiger partial charge in [0.2, 0.25) is 5.89 Å². The molecule has 0 saturated heterocycles. The third-order valence-electron chi connectivity index (χ3n) is 1.72. The van der Waals surface area contributed by atoms with E-state index in [4.69, 9.17) is 10.3 Å². The highest BCUT2D eigenvalue weighted by Gasteiger charge is 2.00. The first-order valence-corrected chi connectivity index (χ1v) is 4.80. The highest BCUT2D eigenvalue weighted by Crippen LogP contribution is 1.97. The fourth-order valence-electron chi connectivity index (χ4n) is 1.07. The lowest BCUT2D eigenvalue weighted by Crippen LogP contribution is -2.12. The van der Waals surface area contributed by atoms with Crippen LogP contribution in [0, 0.1) is 6.92 Å². The topological polar surface area (TPSA) is 77.3 Å². The number of hydrogen-bond donors (Lipinski definition) is 1. The number of amidine groups is 1. The molecular weight excluding hydrogens is 180 g/mol. The average molecular weight is 196 g/mol. The molecule has 1 aromatic heterocycles. The lowest BCUT2D eigenvalue weighted by molar-refractivity contribution is 0.376. The molecule has 0 aliphatic carbocycles. The monoisotopic (exact) mass is 196 g/mol. The molecule has 0 aliphatic heterocycles. The smallest absolute Gasteiger partial charge is 0.228 e. The van der Waals surface area contributed by atoms with E-state index in [-0.39, 0.29) is 0 Å². The van der Waals surface area contributed by atoms with Gasteiger partial charge in [0, 0.05) is 19.4 Å².